The van der Waals surface area contributed by atoms with Gasteiger partial charge in [0.05, 0.1) is 4.92 Å². The molecule has 2 aromatic rings. The van der Waals surface area contributed by atoms with Gasteiger partial charge in [0.2, 0.25) is 0 Å². The molecule has 0 aliphatic carbocycles. The highest BCUT2D eigenvalue weighted by Gasteiger charge is 2.10. The van der Waals surface area contributed by atoms with Crippen LogP contribution in [0.4, 0.5) is 11.4 Å². The average molecular weight is 350 g/mol. The molecule has 1 amide bonds. The normalized spacial score (nSPS) is 10.7. The first kappa shape index (κ1) is 18.7. The van der Waals surface area contributed by atoms with Crippen molar-refractivity contribution < 1.29 is 9.72 Å². The number of amides is 1. The van der Waals surface area contributed by atoms with Crippen LogP contribution in [0.1, 0.15) is 11.1 Å². The zero-order valence-corrected chi connectivity index (χ0v) is 14.2. The molecule has 0 saturated heterocycles. The van der Waals surface area contributed by atoms with Crippen LogP contribution >= 0.6 is 0 Å². The van der Waals surface area contributed by atoms with E-state index in [1.807, 2.05) is 37.3 Å². The number of hydrogen-bond donors (Lipinski definition) is 2. The minimum absolute atomic E-state index is 0.0724. The number of hydrogen-bond acceptors (Lipinski definition) is 5. The summed E-state index contributed by atoms with van der Waals surface area (Å²) < 4.78 is 0. The van der Waals surface area contributed by atoms with Crippen LogP contribution in [0.5, 0.6) is 0 Å². The lowest BCUT2D eigenvalue weighted by atomic mass is 10.1. The zero-order chi connectivity index (χ0) is 18.9. The Balaban J connectivity index is 1.88. The lowest BCUT2D eigenvalue weighted by Crippen LogP contribution is -2.18. The van der Waals surface area contributed by atoms with Crippen molar-refractivity contribution in [3.8, 4) is 6.07 Å². The van der Waals surface area contributed by atoms with Crippen LogP contribution < -0.4 is 10.6 Å². The van der Waals surface area contributed by atoms with Gasteiger partial charge >= 0.3 is 0 Å². The maximum atomic E-state index is 12.1. The van der Waals surface area contributed by atoms with Gasteiger partial charge in [-0.25, -0.2) is 0 Å². The summed E-state index contributed by atoms with van der Waals surface area (Å²) in [4.78, 5) is 22.2. The van der Waals surface area contributed by atoms with Crippen LogP contribution in [0.15, 0.2) is 60.3 Å². The molecule has 26 heavy (non-hydrogen) atoms. The first-order chi connectivity index (χ1) is 12.5. The number of non-ortho nitro benzene ring substituents is 1. The van der Waals surface area contributed by atoms with Crippen LogP contribution in [0.3, 0.4) is 0 Å². The molecule has 0 unspecified atom stereocenters. The first-order valence-corrected chi connectivity index (χ1v) is 7.94. The quantitative estimate of drug-likeness (QED) is 0.262. The second-order valence-corrected chi connectivity index (χ2v) is 5.62. The highest BCUT2D eigenvalue weighted by molar-refractivity contribution is 6.06. The van der Waals surface area contributed by atoms with Crippen LogP contribution in [0, 0.1) is 28.4 Å². The van der Waals surface area contributed by atoms with Gasteiger partial charge < -0.3 is 10.6 Å². The molecule has 2 N–H and O–H groups in total. The van der Waals surface area contributed by atoms with Gasteiger partial charge in [0.25, 0.3) is 11.6 Å². The van der Waals surface area contributed by atoms with E-state index in [9.17, 15) is 14.9 Å². The lowest BCUT2D eigenvalue weighted by Gasteiger charge is -2.05. The molecule has 0 aliphatic heterocycles. The summed E-state index contributed by atoms with van der Waals surface area (Å²) in [6.07, 6.45) is 2.13. The van der Waals surface area contributed by atoms with Gasteiger partial charge in [-0.05, 0) is 31.0 Å². The highest BCUT2D eigenvalue weighted by atomic mass is 16.6. The second kappa shape index (κ2) is 8.99. The van der Waals surface area contributed by atoms with E-state index >= 15 is 0 Å². The van der Waals surface area contributed by atoms with Crippen molar-refractivity contribution in [2.24, 2.45) is 0 Å². The van der Waals surface area contributed by atoms with Crippen LogP contribution in [0.25, 0.3) is 0 Å². The molecule has 132 valence electrons. The number of anilines is 1. The summed E-state index contributed by atoms with van der Waals surface area (Å²) in [5, 5.41) is 25.2. The number of rotatable bonds is 7. The summed E-state index contributed by atoms with van der Waals surface area (Å²) in [6, 6.07) is 15.4. The third-order valence-electron chi connectivity index (χ3n) is 3.63. The SMILES string of the molecule is Cc1ccc(CCN/C=C(/C#N)C(=O)Nc2ccc([N+](=O)[O-])cc2)cc1. The Bertz CT molecular complexity index is 850. The molecule has 0 atom stereocenters. The van der Waals surface area contributed by atoms with Crippen molar-refractivity contribution >= 4 is 17.3 Å². The standard InChI is InChI=1S/C19H18N4O3/c1-14-2-4-15(5-3-14)10-11-21-13-16(12-20)19(24)22-17-6-8-18(9-7-17)23(25)26/h2-9,13,21H,10-11H2,1H3,(H,22,24)/b16-13-. The van der Waals surface area contributed by atoms with Crippen molar-refractivity contribution in [1.29, 1.82) is 5.26 Å². The molecule has 7 heteroatoms. The highest BCUT2D eigenvalue weighted by Crippen LogP contribution is 2.15. The van der Waals surface area contributed by atoms with E-state index < -0.39 is 10.8 Å². The number of carbonyl (C=O) groups excluding carboxylic acids is 1. The summed E-state index contributed by atoms with van der Waals surface area (Å²) in [5.41, 5.74) is 2.58. The largest absolute Gasteiger partial charge is 0.389 e. The van der Waals surface area contributed by atoms with E-state index in [0.717, 1.165) is 12.0 Å². The van der Waals surface area contributed by atoms with Crippen LogP contribution in [-0.4, -0.2) is 17.4 Å². The van der Waals surface area contributed by atoms with E-state index in [4.69, 9.17) is 5.26 Å². The van der Waals surface area contributed by atoms with Gasteiger partial charge in [0.1, 0.15) is 11.6 Å². The number of aryl methyl sites for hydroxylation is 1. The van der Waals surface area contributed by atoms with Crippen molar-refractivity contribution in [2.75, 3.05) is 11.9 Å². The maximum Gasteiger partial charge on any atom is 0.269 e. The van der Waals surface area contributed by atoms with Gasteiger partial charge in [-0.2, -0.15) is 5.26 Å². The smallest absolute Gasteiger partial charge is 0.269 e. The summed E-state index contributed by atoms with van der Waals surface area (Å²) in [7, 11) is 0. The Hall–Kier alpha value is -3.66. The van der Waals surface area contributed by atoms with Gasteiger partial charge in [0, 0.05) is 30.6 Å². The van der Waals surface area contributed by atoms with E-state index in [0.29, 0.717) is 12.2 Å². The topological polar surface area (TPSA) is 108 Å². The number of nitrogens with zero attached hydrogens (tertiary/aromatic N) is 2. The number of nitro benzene ring substituents is 1. The number of carbonyl (C=O) groups is 1. The third-order valence-corrected chi connectivity index (χ3v) is 3.63. The Labute approximate surface area is 151 Å². The molecular formula is C19H18N4O3. The van der Waals surface area contributed by atoms with Crippen molar-refractivity contribution in [3.63, 3.8) is 0 Å². The summed E-state index contributed by atoms with van der Waals surface area (Å²) >= 11 is 0. The van der Waals surface area contributed by atoms with Crippen molar-refractivity contribution in [1.82, 2.24) is 5.32 Å². The molecule has 2 aromatic carbocycles. The molecule has 2 rings (SSSR count). The van der Waals surface area contributed by atoms with Crippen LogP contribution in [-0.2, 0) is 11.2 Å². The third kappa shape index (κ3) is 5.46. The fourth-order valence-electron chi connectivity index (χ4n) is 2.16. The van der Waals surface area contributed by atoms with E-state index in [-0.39, 0.29) is 11.3 Å². The van der Waals surface area contributed by atoms with Gasteiger partial charge in [-0.3, -0.25) is 14.9 Å². The van der Waals surface area contributed by atoms with E-state index in [1.54, 1.807) is 0 Å². The minimum atomic E-state index is -0.579. The Morgan fingerprint density at radius 3 is 2.42 bits per heavy atom. The molecule has 7 nitrogen and oxygen atoms in total. The second-order valence-electron chi connectivity index (χ2n) is 5.62. The van der Waals surface area contributed by atoms with E-state index in [2.05, 4.69) is 10.6 Å². The molecular weight excluding hydrogens is 332 g/mol. The zero-order valence-electron chi connectivity index (χ0n) is 14.2. The van der Waals surface area contributed by atoms with Gasteiger partial charge in [0.15, 0.2) is 0 Å². The van der Waals surface area contributed by atoms with Gasteiger partial charge in [-0.15, -0.1) is 0 Å². The average Bonchev–Trinajstić information content (AvgIpc) is 2.63. The molecule has 0 saturated carbocycles. The Morgan fingerprint density at radius 2 is 1.85 bits per heavy atom. The van der Waals surface area contributed by atoms with Crippen molar-refractivity contribution in [3.05, 3.63) is 81.5 Å². The lowest BCUT2D eigenvalue weighted by molar-refractivity contribution is -0.384. The number of nitriles is 1. The molecule has 0 spiro atoms. The molecule has 0 radical (unpaired) electrons. The monoisotopic (exact) mass is 350 g/mol. The summed E-state index contributed by atoms with van der Waals surface area (Å²) in [5.74, 6) is -0.579. The molecule has 0 heterocycles. The fraction of sp³-hybridized carbons (Fsp3) is 0.158. The summed E-state index contributed by atoms with van der Waals surface area (Å²) in [6.45, 7) is 2.60. The molecule has 0 aromatic heterocycles. The Kier molecular flexibility index (Phi) is 6.46. The van der Waals surface area contributed by atoms with E-state index in [1.165, 1.54) is 36.0 Å². The fourth-order valence-corrected chi connectivity index (χ4v) is 2.16. The van der Waals surface area contributed by atoms with Crippen molar-refractivity contribution in [2.45, 2.75) is 13.3 Å². The Morgan fingerprint density at radius 1 is 1.19 bits per heavy atom. The predicted octanol–water partition coefficient (Wildman–Crippen LogP) is 3.08. The van der Waals surface area contributed by atoms with Crippen LogP contribution in [0.2, 0.25) is 0 Å². The maximum absolute atomic E-state index is 12.1. The molecule has 0 fully saturated rings. The predicted molar refractivity (Wildman–Crippen MR) is 98.3 cm³/mol. The first-order valence-electron chi connectivity index (χ1n) is 7.94. The number of nitrogens with one attached hydrogen (secondary N) is 2. The van der Waals surface area contributed by atoms with Gasteiger partial charge in [-0.1, -0.05) is 29.8 Å². The number of nitro groups is 1. The minimum Gasteiger partial charge on any atom is -0.389 e. The molecule has 0 aliphatic rings. The molecule has 0 bridgehead atoms. The number of benzene rings is 2.